The Bertz CT molecular complexity index is 422. The molecule has 0 amide bonds. The molecule has 0 bridgehead atoms. The van der Waals surface area contributed by atoms with Crippen molar-refractivity contribution in [2.45, 2.75) is 6.54 Å². The Labute approximate surface area is 97.4 Å². The van der Waals surface area contributed by atoms with E-state index >= 15 is 0 Å². The van der Waals surface area contributed by atoms with Crippen molar-refractivity contribution in [3.63, 3.8) is 0 Å². The first-order chi connectivity index (χ1) is 7.54. The number of nitrogens with zero attached hydrogens (tertiary/aromatic N) is 1. The Kier molecular flexibility index (Phi) is 4.01. The molecule has 0 heterocycles. The first-order valence-electron chi connectivity index (χ1n) is 4.46. The lowest BCUT2D eigenvalue weighted by Gasteiger charge is -2.08. The summed E-state index contributed by atoms with van der Waals surface area (Å²) in [4.78, 5) is 10.0. The van der Waals surface area contributed by atoms with E-state index in [0.29, 0.717) is 10.7 Å². The summed E-state index contributed by atoms with van der Waals surface area (Å²) in [5.41, 5.74) is 0.358. The summed E-state index contributed by atoms with van der Waals surface area (Å²) in [5, 5.41) is 25.9. The summed E-state index contributed by atoms with van der Waals surface area (Å²) in [5.74, 6) is -0.00277. The Morgan fingerprint density at radius 3 is 2.88 bits per heavy atom. The second-order valence-corrected chi connectivity index (χ2v) is 3.41. The molecule has 0 saturated heterocycles. The van der Waals surface area contributed by atoms with E-state index in [2.05, 4.69) is 10.6 Å². The van der Waals surface area contributed by atoms with Crippen LogP contribution in [-0.2, 0) is 6.54 Å². The average molecular weight is 241 g/mol. The van der Waals surface area contributed by atoms with Gasteiger partial charge in [0.15, 0.2) is 5.11 Å². The Balaban J connectivity index is 2.82. The fraction of sp³-hybridized carbons (Fsp3) is 0.222. The van der Waals surface area contributed by atoms with Crippen LogP contribution in [0.25, 0.3) is 0 Å². The van der Waals surface area contributed by atoms with Crippen LogP contribution in [0.1, 0.15) is 5.56 Å². The number of hydrogen-bond acceptors (Lipinski definition) is 4. The number of hydrogen-bond donors (Lipinski definition) is 3. The number of nitro groups is 1. The van der Waals surface area contributed by atoms with Crippen molar-refractivity contribution >= 4 is 23.0 Å². The van der Waals surface area contributed by atoms with Gasteiger partial charge in [-0.15, -0.1) is 0 Å². The number of nitrogens with one attached hydrogen (secondary N) is 2. The van der Waals surface area contributed by atoms with E-state index in [9.17, 15) is 15.2 Å². The molecule has 7 heteroatoms. The number of non-ortho nitro benzene ring substituents is 1. The van der Waals surface area contributed by atoms with Gasteiger partial charge in [-0.1, -0.05) is 0 Å². The van der Waals surface area contributed by atoms with E-state index in [0.717, 1.165) is 0 Å². The third-order valence-electron chi connectivity index (χ3n) is 1.94. The summed E-state index contributed by atoms with van der Waals surface area (Å²) in [6, 6.07) is 3.84. The molecule has 16 heavy (non-hydrogen) atoms. The summed E-state index contributed by atoms with van der Waals surface area (Å²) in [7, 11) is 1.66. The monoisotopic (exact) mass is 241 g/mol. The predicted molar refractivity (Wildman–Crippen MR) is 63.3 cm³/mol. The van der Waals surface area contributed by atoms with Crippen LogP contribution >= 0.6 is 12.2 Å². The smallest absolute Gasteiger partial charge is 0.270 e. The maximum Gasteiger partial charge on any atom is 0.270 e. The molecule has 0 spiro atoms. The molecule has 0 aliphatic carbocycles. The van der Waals surface area contributed by atoms with Crippen LogP contribution in [0.5, 0.6) is 5.75 Å². The van der Waals surface area contributed by atoms with E-state index in [-0.39, 0.29) is 18.0 Å². The van der Waals surface area contributed by atoms with Crippen molar-refractivity contribution < 1.29 is 10.0 Å². The fourth-order valence-corrected chi connectivity index (χ4v) is 1.16. The number of rotatable bonds is 3. The van der Waals surface area contributed by atoms with Crippen LogP contribution in [-0.4, -0.2) is 22.2 Å². The summed E-state index contributed by atoms with van der Waals surface area (Å²) >= 11 is 4.84. The fourth-order valence-electron chi connectivity index (χ4n) is 1.09. The Morgan fingerprint density at radius 1 is 1.62 bits per heavy atom. The van der Waals surface area contributed by atoms with E-state index in [4.69, 9.17) is 12.2 Å². The van der Waals surface area contributed by atoms with E-state index in [1.54, 1.807) is 7.05 Å². The largest absolute Gasteiger partial charge is 0.508 e. The van der Waals surface area contributed by atoms with Gasteiger partial charge in [0.05, 0.1) is 4.92 Å². The van der Waals surface area contributed by atoms with Crippen molar-refractivity contribution in [1.29, 1.82) is 0 Å². The predicted octanol–water partition coefficient (Wildman–Crippen LogP) is 0.894. The topological polar surface area (TPSA) is 87.4 Å². The standard InChI is InChI=1S/C9H11N3O3S/c1-10-9(16)11-5-6-4-7(12(14)15)2-3-8(6)13/h2-4,13H,5H2,1H3,(H2,10,11,16). The number of phenols is 1. The van der Waals surface area contributed by atoms with Crippen LogP contribution in [0.15, 0.2) is 18.2 Å². The van der Waals surface area contributed by atoms with Crippen LogP contribution in [0.2, 0.25) is 0 Å². The van der Waals surface area contributed by atoms with Crippen molar-refractivity contribution in [1.82, 2.24) is 10.6 Å². The number of nitro benzene ring substituents is 1. The average Bonchev–Trinajstić information content (AvgIpc) is 2.27. The highest BCUT2D eigenvalue weighted by Gasteiger charge is 2.10. The van der Waals surface area contributed by atoms with Gasteiger partial charge in [-0.25, -0.2) is 0 Å². The molecule has 0 aliphatic heterocycles. The zero-order valence-electron chi connectivity index (χ0n) is 8.56. The molecule has 0 fully saturated rings. The molecule has 6 nitrogen and oxygen atoms in total. The van der Waals surface area contributed by atoms with Gasteiger partial charge in [0.1, 0.15) is 5.75 Å². The second-order valence-electron chi connectivity index (χ2n) is 3.00. The van der Waals surface area contributed by atoms with Crippen LogP contribution in [0, 0.1) is 10.1 Å². The molecule has 1 rings (SSSR count). The van der Waals surface area contributed by atoms with Crippen molar-refractivity contribution in [2.24, 2.45) is 0 Å². The minimum atomic E-state index is -0.515. The highest BCUT2D eigenvalue weighted by atomic mass is 32.1. The second kappa shape index (κ2) is 5.26. The summed E-state index contributed by atoms with van der Waals surface area (Å²) in [6.45, 7) is 0.229. The van der Waals surface area contributed by atoms with Crippen LogP contribution in [0.4, 0.5) is 5.69 Å². The maximum atomic E-state index is 10.5. The van der Waals surface area contributed by atoms with Gasteiger partial charge in [-0.2, -0.15) is 0 Å². The van der Waals surface area contributed by atoms with E-state index in [1.807, 2.05) is 0 Å². The molecule has 1 aromatic rings. The SMILES string of the molecule is CNC(=S)NCc1cc([N+](=O)[O-])ccc1O. The first kappa shape index (κ1) is 12.2. The third kappa shape index (κ3) is 3.06. The molecular weight excluding hydrogens is 230 g/mol. The van der Waals surface area contributed by atoms with Gasteiger partial charge in [-0.3, -0.25) is 10.1 Å². The minimum Gasteiger partial charge on any atom is -0.508 e. The van der Waals surface area contributed by atoms with Crippen molar-refractivity contribution in [2.75, 3.05) is 7.05 Å². The van der Waals surface area contributed by atoms with Gasteiger partial charge in [-0.05, 0) is 18.3 Å². The molecule has 0 atom stereocenters. The first-order valence-corrected chi connectivity index (χ1v) is 4.87. The molecule has 0 aliphatic rings. The molecule has 3 N–H and O–H groups in total. The van der Waals surface area contributed by atoms with Gasteiger partial charge < -0.3 is 15.7 Å². The molecule has 0 radical (unpaired) electrons. The van der Waals surface area contributed by atoms with Crippen LogP contribution in [0.3, 0.4) is 0 Å². The van der Waals surface area contributed by atoms with Crippen molar-refractivity contribution in [3.05, 3.63) is 33.9 Å². The zero-order valence-corrected chi connectivity index (χ0v) is 9.37. The number of phenolic OH excluding ortho intramolecular Hbond substituents is 1. The molecule has 0 unspecified atom stereocenters. The zero-order chi connectivity index (χ0) is 12.1. The summed E-state index contributed by atoms with van der Waals surface area (Å²) in [6.07, 6.45) is 0. The molecule has 86 valence electrons. The highest BCUT2D eigenvalue weighted by Crippen LogP contribution is 2.22. The third-order valence-corrected chi connectivity index (χ3v) is 2.29. The van der Waals surface area contributed by atoms with Gasteiger partial charge in [0.25, 0.3) is 5.69 Å². The van der Waals surface area contributed by atoms with E-state index in [1.165, 1.54) is 18.2 Å². The van der Waals surface area contributed by atoms with E-state index < -0.39 is 4.92 Å². The lowest BCUT2D eigenvalue weighted by Crippen LogP contribution is -2.31. The number of aromatic hydroxyl groups is 1. The highest BCUT2D eigenvalue weighted by molar-refractivity contribution is 7.80. The Hall–Kier alpha value is -1.89. The van der Waals surface area contributed by atoms with Crippen molar-refractivity contribution in [3.8, 4) is 5.75 Å². The molecule has 0 saturated carbocycles. The van der Waals surface area contributed by atoms with Gasteiger partial charge >= 0.3 is 0 Å². The lowest BCUT2D eigenvalue weighted by atomic mass is 10.2. The molecular formula is C9H11N3O3S. The number of thiocarbonyl (C=S) groups is 1. The van der Waals surface area contributed by atoms with Gasteiger partial charge in [0.2, 0.25) is 0 Å². The van der Waals surface area contributed by atoms with Crippen LogP contribution < -0.4 is 10.6 Å². The normalized spacial score (nSPS) is 9.56. The lowest BCUT2D eigenvalue weighted by molar-refractivity contribution is -0.384. The summed E-state index contributed by atoms with van der Waals surface area (Å²) < 4.78 is 0. The molecule has 0 aromatic heterocycles. The maximum absolute atomic E-state index is 10.5. The number of benzene rings is 1. The molecule has 1 aromatic carbocycles. The van der Waals surface area contributed by atoms with Gasteiger partial charge in [0, 0.05) is 31.3 Å². The quantitative estimate of drug-likeness (QED) is 0.414. The minimum absolute atomic E-state index is 0.00277. The Morgan fingerprint density at radius 2 is 2.31 bits per heavy atom.